The third-order valence-corrected chi connectivity index (χ3v) is 12.6. The van der Waals surface area contributed by atoms with Gasteiger partial charge in [-0.05, 0) is 54.5 Å². The van der Waals surface area contributed by atoms with E-state index in [-0.39, 0.29) is 45.2 Å². The van der Waals surface area contributed by atoms with Crippen LogP contribution >= 0.6 is 69.6 Å². The molecule has 6 rings (SSSR count). The molecular formula is C25H16Cl6O7. The van der Waals surface area contributed by atoms with Crippen LogP contribution in [-0.4, -0.2) is 41.0 Å². The largest absolute Gasteiger partial charge is 0.504 e. The second-order valence-electron chi connectivity index (χ2n) is 10.0. The highest BCUT2D eigenvalue weighted by atomic mass is 35.5. The minimum absolute atomic E-state index is 0.0250. The molecule has 0 radical (unpaired) electrons. The first kappa shape index (κ1) is 26.5. The number of fused-ring (bicyclic) bond motifs is 2. The van der Waals surface area contributed by atoms with Gasteiger partial charge in [-0.15, -0.1) is 23.2 Å². The lowest BCUT2D eigenvalue weighted by molar-refractivity contribution is -0.152. The van der Waals surface area contributed by atoms with E-state index >= 15 is 0 Å². The van der Waals surface area contributed by atoms with E-state index in [4.69, 9.17) is 74.0 Å². The van der Waals surface area contributed by atoms with Gasteiger partial charge in [-0.1, -0.05) is 46.4 Å². The summed E-state index contributed by atoms with van der Waals surface area (Å²) in [6, 6.07) is 5.17. The fourth-order valence-corrected chi connectivity index (χ4v) is 10.0. The smallest absolute Gasteiger partial charge is 0.307 e. The lowest BCUT2D eigenvalue weighted by atomic mass is 9.40. The van der Waals surface area contributed by atoms with Crippen molar-refractivity contribution < 1.29 is 29.6 Å². The molecule has 0 unspecified atom stereocenters. The van der Waals surface area contributed by atoms with Crippen LogP contribution in [0, 0.1) is 17.3 Å². The number of hydrogen-bond donors (Lipinski definition) is 4. The number of aromatic hydroxyl groups is 3. The van der Waals surface area contributed by atoms with Crippen LogP contribution in [0.1, 0.15) is 24.3 Å². The van der Waals surface area contributed by atoms with Crippen molar-refractivity contribution in [3.63, 3.8) is 0 Å². The van der Waals surface area contributed by atoms with Crippen molar-refractivity contribution in [2.24, 2.45) is 17.3 Å². The average Bonchev–Trinajstić information content (AvgIpc) is 2.88. The molecule has 5 aliphatic rings. The van der Waals surface area contributed by atoms with Crippen molar-refractivity contribution in [2.75, 3.05) is 0 Å². The van der Waals surface area contributed by atoms with E-state index in [9.17, 15) is 30.0 Å². The molecule has 2 bridgehead atoms. The number of carboxylic acids is 1. The summed E-state index contributed by atoms with van der Waals surface area (Å²) < 4.78 is 3.96. The molecule has 200 valence electrons. The predicted octanol–water partition coefficient (Wildman–Crippen LogP) is 6.67. The molecule has 0 saturated heterocycles. The quantitative estimate of drug-likeness (QED) is 0.140. The molecule has 13 heteroatoms. The molecule has 4 N–H and O–H groups in total. The number of benzene rings is 2. The molecule has 7 nitrogen and oxygen atoms in total. The van der Waals surface area contributed by atoms with Crippen molar-refractivity contribution in [1.29, 1.82) is 0 Å². The van der Waals surface area contributed by atoms with Gasteiger partial charge in [-0.2, -0.15) is 0 Å². The Hall–Kier alpha value is -1.74. The first-order valence-electron chi connectivity index (χ1n) is 11.3. The molecule has 2 saturated carbocycles. The zero-order chi connectivity index (χ0) is 27.7. The van der Waals surface area contributed by atoms with Gasteiger partial charge >= 0.3 is 5.97 Å². The van der Waals surface area contributed by atoms with E-state index in [1.807, 2.05) is 0 Å². The fourth-order valence-electron chi connectivity index (χ4n) is 6.83. The fraction of sp³-hybridized carbons (Fsp3) is 0.360. The molecule has 4 aliphatic carbocycles. The van der Waals surface area contributed by atoms with Gasteiger partial charge in [0.2, 0.25) is 16.9 Å². The zero-order valence-electron chi connectivity index (χ0n) is 18.8. The van der Waals surface area contributed by atoms with Crippen molar-refractivity contribution >= 4 is 86.5 Å². The molecule has 38 heavy (non-hydrogen) atoms. The Kier molecular flexibility index (Phi) is 5.68. The molecule has 0 spiro atoms. The Labute approximate surface area is 244 Å². The summed E-state index contributed by atoms with van der Waals surface area (Å²) in [5, 5.41) is 40.9. The number of carbonyl (C=O) groups is 1. The summed E-state index contributed by atoms with van der Waals surface area (Å²) in [7, 11) is 0. The summed E-state index contributed by atoms with van der Waals surface area (Å²) in [4.78, 5) is 23.4. The van der Waals surface area contributed by atoms with Crippen LogP contribution in [0.5, 0.6) is 17.2 Å². The summed E-state index contributed by atoms with van der Waals surface area (Å²) in [5.74, 6) is -5.99. The van der Waals surface area contributed by atoms with E-state index in [1.165, 1.54) is 18.2 Å². The Morgan fingerprint density at radius 2 is 1.71 bits per heavy atom. The number of carboxylic acid groups (broad SMARTS) is 1. The van der Waals surface area contributed by atoms with E-state index in [2.05, 4.69) is 0 Å². The molecular weight excluding hydrogens is 625 g/mol. The third kappa shape index (κ3) is 2.85. The normalized spacial score (nSPS) is 33.7. The predicted molar refractivity (Wildman–Crippen MR) is 145 cm³/mol. The number of phenols is 3. The maximum atomic E-state index is 12.7. The van der Waals surface area contributed by atoms with Crippen LogP contribution in [-0.2, 0) is 4.79 Å². The molecule has 6 atom stereocenters. The molecule has 1 aliphatic heterocycles. The van der Waals surface area contributed by atoms with Gasteiger partial charge in [-0.3, -0.25) is 9.59 Å². The van der Waals surface area contributed by atoms with Crippen molar-refractivity contribution in [2.45, 2.75) is 33.3 Å². The van der Waals surface area contributed by atoms with Gasteiger partial charge in [-0.25, -0.2) is 0 Å². The van der Waals surface area contributed by atoms with Gasteiger partial charge in [0.05, 0.1) is 21.4 Å². The van der Waals surface area contributed by atoms with Crippen LogP contribution in [0.15, 0.2) is 43.5 Å². The highest BCUT2D eigenvalue weighted by Crippen LogP contribution is 2.83. The Balaban J connectivity index is 1.68. The second kappa shape index (κ2) is 8.15. The average molecular weight is 641 g/mol. The number of rotatable bonds is 2. The van der Waals surface area contributed by atoms with E-state index in [0.29, 0.717) is 5.56 Å². The third-order valence-electron chi connectivity index (χ3n) is 8.56. The van der Waals surface area contributed by atoms with Gasteiger partial charge in [0.25, 0.3) is 0 Å². The molecule has 0 amide bonds. The topological polar surface area (TPSA) is 128 Å². The van der Waals surface area contributed by atoms with Crippen LogP contribution in [0.3, 0.4) is 0 Å². The van der Waals surface area contributed by atoms with Crippen LogP contribution < -0.4 is 5.43 Å². The van der Waals surface area contributed by atoms with Crippen molar-refractivity contribution in [3.8, 4) is 28.6 Å². The lowest BCUT2D eigenvalue weighted by Gasteiger charge is -2.75. The Bertz CT molecular complexity index is 1630. The number of hydrogen-bond acceptors (Lipinski definition) is 6. The number of alkyl halides is 4. The van der Waals surface area contributed by atoms with Gasteiger partial charge in [0, 0.05) is 16.4 Å². The monoisotopic (exact) mass is 638 g/mol. The molecule has 0 aromatic heterocycles. The first-order chi connectivity index (χ1) is 17.7. The highest BCUT2D eigenvalue weighted by Gasteiger charge is 2.86. The summed E-state index contributed by atoms with van der Waals surface area (Å²) in [6.45, 7) is 0. The number of phenolic OH excluding ortho intramolecular Hbond substituents is 3. The standard InChI is InChI=1S/C25H16Cl6O7/c26-15-20(27)23-6-10(9(22(36)37)5-13(23)24(29,21(15)28)25(23,30)31)14-7-1-3-11(32)16(34)18(7)38-19-8(14)2-4-12(33)17(19)35/h1-4,9-10,13,20,32,34-35H,5-6H2,(H,36,37)/t9-,10-,13+,20-,23-,24-/m0/s1. The molecule has 2 fully saturated rings. The van der Waals surface area contributed by atoms with Crippen LogP contribution in [0.4, 0.5) is 0 Å². The Morgan fingerprint density at radius 3 is 2.37 bits per heavy atom. The maximum absolute atomic E-state index is 12.7. The maximum Gasteiger partial charge on any atom is 0.307 e. The zero-order valence-corrected chi connectivity index (χ0v) is 23.3. The summed E-state index contributed by atoms with van der Waals surface area (Å²) in [5.41, 5.74) is -1.68. The molecule has 1 aromatic rings. The first-order valence-corrected chi connectivity index (χ1v) is 13.7. The van der Waals surface area contributed by atoms with Gasteiger partial charge in [0.1, 0.15) is 9.21 Å². The minimum Gasteiger partial charge on any atom is -0.504 e. The van der Waals surface area contributed by atoms with Crippen LogP contribution in [0.25, 0.3) is 22.3 Å². The van der Waals surface area contributed by atoms with Crippen molar-refractivity contribution in [3.05, 3.63) is 50.1 Å². The highest BCUT2D eigenvalue weighted by molar-refractivity contribution is 6.61. The van der Waals surface area contributed by atoms with E-state index < -0.39 is 66.4 Å². The minimum atomic E-state index is -1.73. The molecule has 1 aromatic carbocycles. The Morgan fingerprint density at radius 1 is 1.03 bits per heavy atom. The lowest BCUT2D eigenvalue weighted by Crippen LogP contribution is -2.81. The number of aliphatic carboxylic acids is 1. The summed E-state index contributed by atoms with van der Waals surface area (Å²) in [6.07, 6.45) is -0.0561. The van der Waals surface area contributed by atoms with E-state index in [0.717, 1.165) is 6.07 Å². The van der Waals surface area contributed by atoms with Crippen LogP contribution in [0.2, 0.25) is 0 Å². The SMILES string of the molecule is O=C(O)[C@H]1C[C@@H]2[C@@]3(C[C@@H]1c1c4ccc(=O)c(O)c-4oc4c(O)c(O)ccc14)[C@@H](Cl)C(Cl)=C(Cl)[C@]2(Cl)C3(Cl)Cl. The number of halogens is 6. The molecule has 1 heterocycles. The summed E-state index contributed by atoms with van der Waals surface area (Å²) >= 11 is 40.5. The van der Waals surface area contributed by atoms with Gasteiger partial charge in [0.15, 0.2) is 17.1 Å². The number of allylic oxidation sites excluding steroid dienone is 2. The van der Waals surface area contributed by atoms with Gasteiger partial charge < -0.3 is 24.8 Å². The second-order valence-corrected chi connectivity index (χ2v) is 13.2. The van der Waals surface area contributed by atoms with Crippen molar-refractivity contribution in [1.82, 2.24) is 0 Å². The van der Waals surface area contributed by atoms with E-state index in [1.54, 1.807) is 0 Å².